The summed E-state index contributed by atoms with van der Waals surface area (Å²) in [6.45, 7) is 11.4. The SMILES string of the molecule is CCOC(=O)c1oc2c(c1C)-c1nn(Cc3ccc(CC)nc3)cc1CC2.CCOC(=O)c1oc2c(c1C)-c1nn(Cc3ccc(Cl)nc3)cc1CC2. The van der Waals surface area contributed by atoms with E-state index in [2.05, 4.69) is 35.2 Å². The van der Waals surface area contributed by atoms with Crippen molar-refractivity contribution in [2.75, 3.05) is 13.2 Å². The van der Waals surface area contributed by atoms with E-state index in [1.165, 1.54) is 5.56 Å². The molecule has 0 radical (unpaired) electrons. The maximum atomic E-state index is 12.1. The molecule has 53 heavy (non-hydrogen) atoms. The Labute approximate surface area is 312 Å². The number of aryl methyl sites for hydroxylation is 5. The van der Waals surface area contributed by atoms with E-state index < -0.39 is 11.9 Å². The summed E-state index contributed by atoms with van der Waals surface area (Å²) in [5, 5.41) is 9.99. The smallest absolute Gasteiger partial charge is 0.374 e. The molecule has 6 aromatic heterocycles. The Morgan fingerprint density at radius 1 is 0.717 bits per heavy atom. The Morgan fingerprint density at radius 3 is 1.62 bits per heavy atom. The van der Waals surface area contributed by atoms with Gasteiger partial charge in [-0.25, -0.2) is 14.6 Å². The Balaban J connectivity index is 0.000000164. The van der Waals surface area contributed by atoms with E-state index in [-0.39, 0.29) is 5.76 Å². The topological polar surface area (TPSA) is 140 Å². The largest absolute Gasteiger partial charge is 0.460 e. The molecule has 6 aromatic rings. The minimum atomic E-state index is -0.423. The summed E-state index contributed by atoms with van der Waals surface area (Å²) in [7, 11) is 0. The predicted molar refractivity (Wildman–Crippen MR) is 197 cm³/mol. The number of rotatable bonds is 9. The lowest BCUT2D eigenvalue weighted by Gasteiger charge is -2.09. The van der Waals surface area contributed by atoms with Crippen LogP contribution in [0, 0.1) is 13.8 Å². The summed E-state index contributed by atoms with van der Waals surface area (Å²) >= 11 is 5.84. The van der Waals surface area contributed by atoms with Crippen molar-refractivity contribution in [1.82, 2.24) is 29.5 Å². The summed E-state index contributed by atoms with van der Waals surface area (Å²) in [5.74, 6) is 1.36. The standard InChI is InChI=1S/C21H23N3O3.C19H18ClN3O3/c1-4-16-8-6-14(10-22-16)11-24-12-15-7-9-17-18(19(15)23-24)13(3)20(27-17)21(25)26-5-2;1-3-25-19(24)18-11(2)16-14(26-18)6-5-13-10-23(22-17(13)16)9-12-4-7-15(20)21-8-12/h6,8,10,12H,4-5,7,9,11H2,1-3H3;4,7-8,10H,3,5-6,9H2,1-2H3. The third-order valence-electron chi connectivity index (χ3n) is 9.48. The van der Waals surface area contributed by atoms with E-state index in [9.17, 15) is 9.59 Å². The van der Waals surface area contributed by atoms with Crippen LogP contribution in [0.25, 0.3) is 22.5 Å². The predicted octanol–water partition coefficient (Wildman–Crippen LogP) is 7.56. The maximum absolute atomic E-state index is 12.1. The van der Waals surface area contributed by atoms with E-state index in [4.69, 9.17) is 40.1 Å². The van der Waals surface area contributed by atoms with Gasteiger partial charge in [0.05, 0.1) is 37.7 Å². The number of nitrogens with zero attached hydrogens (tertiary/aromatic N) is 6. The number of pyridine rings is 2. The maximum Gasteiger partial charge on any atom is 0.374 e. The molecule has 2 aliphatic carbocycles. The minimum Gasteiger partial charge on any atom is -0.460 e. The van der Waals surface area contributed by atoms with Gasteiger partial charge in [-0.2, -0.15) is 10.2 Å². The summed E-state index contributed by atoms with van der Waals surface area (Å²) in [6, 6.07) is 7.86. The van der Waals surface area contributed by atoms with Crippen molar-refractivity contribution in [2.45, 2.75) is 79.8 Å². The zero-order valence-electron chi connectivity index (χ0n) is 30.5. The molecule has 0 aliphatic heterocycles. The molecule has 12 nitrogen and oxygen atoms in total. The first-order valence-electron chi connectivity index (χ1n) is 17.9. The van der Waals surface area contributed by atoms with Gasteiger partial charge < -0.3 is 18.3 Å². The molecule has 0 atom stereocenters. The number of hydrogen-bond donors (Lipinski definition) is 0. The van der Waals surface area contributed by atoms with Crippen LogP contribution in [-0.4, -0.2) is 54.7 Å². The van der Waals surface area contributed by atoms with Gasteiger partial charge in [0, 0.05) is 65.6 Å². The van der Waals surface area contributed by atoms with Gasteiger partial charge in [-0.3, -0.25) is 14.3 Å². The van der Waals surface area contributed by atoms with E-state index in [0.717, 1.165) is 99.7 Å². The quantitative estimate of drug-likeness (QED) is 0.108. The number of hydrogen-bond acceptors (Lipinski definition) is 10. The van der Waals surface area contributed by atoms with Crippen molar-refractivity contribution in [3.8, 4) is 22.5 Å². The van der Waals surface area contributed by atoms with Crippen LogP contribution >= 0.6 is 11.6 Å². The first-order valence-corrected chi connectivity index (χ1v) is 18.3. The molecule has 0 saturated heterocycles. The Morgan fingerprint density at radius 2 is 1.21 bits per heavy atom. The molecule has 0 fully saturated rings. The highest BCUT2D eigenvalue weighted by Gasteiger charge is 2.31. The highest BCUT2D eigenvalue weighted by atomic mass is 35.5. The van der Waals surface area contributed by atoms with E-state index in [1.807, 2.05) is 41.7 Å². The van der Waals surface area contributed by atoms with Gasteiger partial charge >= 0.3 is 11.9 Å². The lowest BCUT2D eigenvalue weighted by atomic mass is 9.94. The average molecular weight is 737 g/mol. The van der Waals surface area contributed by atoms with Crippen molar-refractivity contribution in [2.24, 2.45) is 0 Å². The first kappa shape index (κ1) is 35.9. The van der Waals surface area contributed by atoms with Crippen LogP contribution in [0.5, 0.6) is 0 Å². The lowest BCUT2D eigenvalue weighted by Crippen LogP contribution is -2.05. The Hall–Kier alpha value is -5.49. The Kier molecular flexibility index (Phi) is 10.3. The monoisotopic (exact) mass is 736 g/mol. The second-order valence-electron chi connectivity index (χ2n) is 13.1. The zero-order valence-corrected chi connectivity index (χ0v) is 31.2. The normalized spacial score (nSPS) is 12.6. The molecule has 0 unspecified atom stereocenters. The molecule has 0 N–H and O–H groups in total. The summed E-state index contributed by atoms with van der Waals surface area (Å²) in [6.07, 6.45) is 11.9. The van der Waals surface area contributed by atoms with E-state index >= 15 is 0 Å². The second-order valence-corrected chi connectivity index (χ2v) is 13.4. The third-order valence-corrected chi connectivity index (χ3v) is 9.70. The average Bonchev–Trinajstić information content (AvgIpc) is 3.92. The van der Waals surface area contributed by atoms with Crippen molar-refractivity contribution < 1.29 is 27.9 Å². The van der Waals surface area contributed by atoms with Gasteiger partial charge in [-0.05, 0) is 81.3 Å². The molecule has 13 heteroatoms. The van der Waals surface area contributed by atoms with Crippen LogP contribution in [-0.2, 0) is 54.7 Å². The van der Waals surface area contributed by atoms with Crippen LogP contribution in [0.2, 0.25) is 5.15 Å². The lowest BCUT2D eigenvalue weighted by molar-refractivity contribution is 0.0478. The van der Waals surface area contributed by atoms with Crippen molar-refractivity contribution in [3.63, 3.8) is 0 Å². The van der Waals surface area contributed by atoms with Gasteiger partial charge in [0.25, 0.3) is 0 Å². The fraction of sp³-hybridized carbons (Fsp3) is 0.350. The van der Waals surface area contributed by atoms with Crippen LogP contribution in [0.15, 0.2) is 57.9 Å². The van der Waals surface area contributed by atoms with Crippen LogP contribution in [0.3, 0.4) is 0 Å². The molecular weight excluding hydrogens is 696 g/mol. The summed E-state index contributed by atoms with van der Waals surface area (Å²) in [4.78, 5) is 32.8. The number of aromatic nitrogens is 6. The van der Waals surface area contributed by atoms with Gasteiger partial charge in [0.2, 0.25) is 11.5 Å². The zero-order chi connectivity index (χ0) is 37.2. The number of ether oxygens (including phenoxy) is 2. The van der Waals surface area contributed by atoms with Gasteiger partial charge in [0.1, 0.15) is 16.7 Å². The van der Waals surface area contributed by atoms with Gasteiger partial charge in [-0.1, -0.05) is 30.7 Å². The van der Waals surface area contributed by atoms with Gasteiger partial charge in [-0.15, -0.1) is 0 Å². The van der Waals surface area contributed by atoms with Crippen molar-refractivity contribution >= 4 is 23.5 Å². The number of halogens is 1. The van der Waals surface area contributed by atoms with Crippen LogP contribution in [0.1, 0.15) is 92.5 Å². The molecule has 8 rings (SSSR count). The van der Waals surface area contributed by atoms with E-state index in [1.54, 1.807) is 26.1 Å². The minimum absolute atomic E-state index is 0.279. The summed E-state index contributed by atoms with van der Waals surface area (Å²) < 4.78 is 25.7. The second kappa shape index (κ2) is 15.2. The van der Waals surface area contributed by atoms with Crippen molar-refractivity contribution in [1.29, 1.82) is 0 Å². The molecule has 0 bridgehead atoms. The number of carbonyl (C=O) groups is 2. The number of carbonyl (C=O) groups excluding carboxylic acids is 2. The summed E-state index contributed by atoms with van der Waals surface area (Å²) in [5.41, 5.74) is 10.8. The molecule has 0 spiro atoms. The molecule has 6 heterocycles. The molecule has 0 amide bonds. The highest BCUT2D eigenvalue weighted by molar-refractivity contribution is 6.29. The molecular formula is C40H41ClN6O6. The molecule has 274 valence electrons. The number of esters is 2. The highest BCUT2D eigenvalue weighted by Crippen LogP contribution is 2.40. The first-order chi connectivity index (χ1) is 25.7. The molecule has 2 aliphatic rings. The molecule has 0 aromatic carbocycles. The van der Waals surface area contributed by atoms with Crippen molar-refractivity contribution in [3.05, 3.63) is 116 Å². The number of fused-ring (bicyclic) bond motifs is 6. The fourth-order valence-corrected chi connectivity index (χ4v) is 7.02. The Bertz CT molecular complexity index is 2280. The number of furan rings is 2. The van der Waals surface area contributed by atoms with Gasteiger partial charge in [0.15, 0.2) is 0 Å². The molecule has 0 saturated carbocycles. The van der Waals surface area contributed by atoms with Crippen LogP contribution < -0.4 is 0 Å². The third kappa shape index (κ3) is 7.28. The van der Waals surface area contributed by atoms with Crippen LogP contribution in [0.4, 0.5) is 0 Å². The fourth-order valence-electron chi connectivity index (χ4n) is 6.90. The van der Waals surface area contributed by atoms with E-state index in [0.29, 0.717) is 37.2 Å².